The van der Waals surface area contributed by atoms with Gasteiger partial charge in [0.1, 0.15) is 0 Å². The van der Waals surface area contributed by atoms with Gasteiger partial charge in [-0.2, -0.15) is 0 Å². The van der Waals surface area contributed by atoms with E-state index in [9.17, 15) is 4.79 Å². The van der Waals surface area contributed by atoms with Crippen molar-refractivity contribution in [1.29, 1.82) is 0 Å². The molecule has 1 heterocycles. The lowest BCUT2D eigenvalue weighted by Crippen LogP contribution is -2.37. The average molecular weight is 297 g/mol. The zero-order valence-corrected chi connectivity index (χ0v) is 13.4. The molecule has 116 valence electrons. The van der Waals surface area contributed by atoms with Crippen LogP contribution in [-0.2, 0) is 4.79 Å². The van der Waals surface area contributed by atoms with Crippen molar-refractivity contribution in [3.8, 4) is 0 Å². The zero-order valence-electron chi connectivity index (χ0n) is 13.4. The first-order valence-electron chi connectivity index (χ1n) is 7.52. The highest BCUT2D eigenvalue weighted by Crippen LogP contribution is 2.27. The van der Waals surface area contributed by atoms with Gasteiger partial charge in [-0.25, -0.2) is 0 Å². The minimum absolute atomic E-state index is 0.0262. The van der Waals surface area contributed by atoms with Gasteiger partial charge in [-0.05, 0) is 31.7 Å². The molecule has 1 amide bonds. The van der Waals surface area contributed by atoms with Crippen molar-refractivity contribution in [2.75, 3.05) is 13.6 Å². The largest absolute Gasteiger partial charge is 0.354 e. The Balaban J connectivity index is 2.22. The van der Waals surface area contributed by atoms with Gasteiger partial charge in [0, 0.05) is 25.7 Å². The van der Waals surface area contributed by atoms with Crippen molar-refractivity contribution in [1.82, 2.24) is 15.2 Å². The van der Waals surface area contributed by atoms with Gasteiger partial charge in [-0.15, -0.1) is 0 Å². The second-order valence-corrected chi connectivity index (χ2v) is 5.46. The monoisotopic (exact) mass is 297 g/mol. The second-order valence-electron chi connectivity index (χ2n) is 5.46. The Labute approximate surface area is 132 Å². The number of aromatic nitrogens is 1. The van der Waals surface area contributed by atoms with E-state index < -0.39 is 0 Å². The molecular formula is C18H23N3O. The van der Waals surface area contributed by atoms with Gasteiger partial charge in [0.2, 0.25) is 5.91 Å². The van der Waals surface area contributed by atoms with Crippen LogP contribution >= 0.6 is 0 Å². The summed E-state index contributed by atoms with van der Waals surface area (Å²) in [5.74, 6) is -0.0262. The SMILES string of the molecule is CC(=O)NC[C@@H](c1ccccn1)N(C)C(C)c1ccccc1. The molecule has 0 aliphatic carbocycles. The lowest BCUT2D eigenvalue weighted by molar-refractivity contribution is -0.119. The van der Waals surface area contributed by atoms with Gasteiger partial charge in [0.05, 0.1) is 11.7 Å². The van der Waals surface area contributed by atoms with Crippen LogP contribution in [0.1, 0.15) is 37.2 Å². The van der Waals surface area contributed by atoms with Crippen molar-refractivity contribution in [3.05, 3.63) is 66.0 Å². The predicted octanol–water partition coefficient (Wildman–Crippen LogP) is 2.95. The quantitative estimate of drug-likeness (QED) is 0.891. The summed E-state index contributed by atoms with van der Waals surface area (Å²) in [5, 5.41) is 2.91. The van der Waals surface area contributed by atoms with Crippen LogP contribution < -0.4 is 5.32 Å². The highest BCUT2D eigenvalue weighted by Gasteiger charge is 2.23. The Morgan fingerprint density at radius 2 is 1.86 bits per heavy atom. The summed E-state index contributed by atoms with van der Waals surface area (Å²) in [4.78, 5) is 18.0. The molecular weight excluding hydrogens is 274 g/mol. The molecule has 0 bridgehead atoms. The van der Waals surface area contributed by atoms with E-state index in [0.717, 1.165) is 5.69 Å². The number of benzene rings is 1. The maximum atomic E-state index is 11.3. The predicted molar refractivity (Wildman–Crippen MR) is 88.3 cm³/mol. The van der Waals surface area contributed by atoms with E-state index in [2.05, 4.69) is 41.3 Å². The van der Waals surface area contributed by atoms with E-state index in [1.54, 1.807) is 6.20 Å². The van der Waals surface area contributed by atoms with E-state index >= 15 is 0 Å². The van der Waals surface area contributed by atoms with E-state index in [1.165, 1.54) is 12.5 Å². The second kappa shape index (κ2) is 7.71. The van der Waals surface area contributed by atoms with Crippen LogP contribution in [0.15, 0.2) is 54.7 Å². The number of pyridine rings is 1. The Morgan fingerprint density at radius 1 is 1.18 bits per heavy atom. The first kappa shape index (κ1) is 16.2. The normalized spacial score (nSPS) is 13.6. The van der Waals surface area contributed by atoms with Crippen LogP contribution in [0.4, 0.5) is 0 Å². The number of likely N-dealkylation sites (N-methyl/N-ethyl adjacent to an activating group) is 1. The Bertz CT molecular complexity index is 586. The van der Waals surface area contributed by atoms with Crippen LogP contribution in [-0.4, -0.2) is 29.4 Å². The standard InChI is InChI=1S/C18H23N3O/c1-14(16-9-5-4-6-10-16)21(3)18(13-20-15(2)22)17-11-7-8-12-19-17/h4-12,14,18H,13H2,1-3H3,(H,20,22)/t14?,18-/m0/s1. The van der Waals surface area contributed by atoms with Crippen LogP contribution in [0.3, 0.4) is 0 Å². The molecule has 0 aliphatic rings. The summed E-state index contributed by atoms with van der Waals surface area (Å²) in [6.07, 6.45) is 1.79. The number of nitrogens with zero attached hydrogens (tertiary/aromatic N) is 2. The smallest absolute Gasteiger partial charge is 0.216 e. The van der Waals surface area contributed by atoms with Crippen LogP contribution in [0.2, 0.25) is 0 Å². The average Bonchev–Trinajstić information content (AvgIpc) is 2.55. The van der Waals surface area contributed by atoms with Crippen molar-refractivity contribution >= 4 is 5.91 Å². The summed E-state index contributed by atoms with van der Waals surface area (Å²) in [6.45, 7) is 4.25. The molecule has 1 N–H and O–H groups in total. The molecule has 2 rings (SSSR count). The van der Waals surface area contributed by atoms with Crippen molar-refractivity contribution in [2.24, 2.45) is 0 Å². The number of carbonyl (C=O) groups is 1. The summed E-state index contributed by atoms with van der Waals surface area (Å²) >= 11 is 0. The van der Waals surface area contributed by atoms with Gasteiger partial charge in [-0.3, -0.25) is 14.7 Å². The van der Waals surface area contributed by atoms with Crippen LogP contribution in [0.5, 0.6) is 0 Å². The first-order chi connectivity index (χ1) is 10.6. The Hall–Kier alpha value is -2.20. The fourth-order valence-electron chi connectivity index (χ4n) is 2.51. The third kappa shape index (κ3) is 4.15. The topological polar surface area (TPSA) is 45.2 Å². The molecule has 22 heavy (non-hydrogen) atoms. The molecule has 2 aromatic rings. The maximum absolute atomic E-state index is 11.3. The Morgan fingerprint density at radius 3 is 2.45 bits per heavy atom. The number of carbonyl (C=O) groups excluding carboxylic acids is 1. The van der Waals surface area contributed by atoms with Gasteiger partial charge in [0.15, 0.2) is 0 Å². The summed E-state index contributed by atoms with van der Waals surface area (Å²) in [6, 6.07) is 16.5. The molecule has 0 spiro atoms. The molecule has 0 aliphatic heterocycles. The van der Waals surface area contributed by atoms with Crippen molar-refractivity contribution < 1.29 is 4.79 Å². The van der Waals surface area contributed by atoms with E-state index in [0.29, 0.717) is 6.54 Å². The molecule has 1 unspecified atom stereocenters. The van der Waals surface area contributed by atoms with Gasteiger partial charge in [0.25, 0.3) is 0 Å². The molecule has 0 radical (unpaired) electrons. The molecule has 0 fully saturated rings. The van der Waals surface area contributed by atoms with Crippen molar-refractivity contribution in [2.45, 2.75) is 25.9 Å². The molecule has 0 saturated carbocycles. The molecule has 2 atom stereocenters. The first-order valence-corrected chi connectivity index (χ1v) is 7.52. The van der Waals surface area contributed by atoms with Crippen LogP contribution in [0, 0.1) is 0 Å². The third-order valence-electron chi connectivity index (χ3n) is 3.96. The number of amides is 1. The third-order valence-corrected chi connectivity index (χ3v) is 3.96. The van der Waals surface area contributed by atoms with Crippen LogP contribution in [0.25, 0.3) is 0 Å². The molecule has 1 aromatic carbocycles. The number of hydrogen-bond acceptors (Lipinski definition) is 3. The van der Waals surface area contributed by atoms with E-state index in [1.807, 2.05) is 36.4 Å². The van der Waals surface area contributed by atoms with Gasteiger partial charge >= 0.3 is 0 Å². The summed E-state index contributed by atoms with van der Waals surface area (Å²) < 4.78 is 0. The number of rotatable bonds is 6. The maximum Gasteiger partial charge on any atom is 0.216 e. The molecule has 4 heteroatoms. The van der Waals surface area contributed by atoms with Crippen molar-refractivity contribution in [3.63, 3.8) is 0 Å². The van der Waals surface area contributed by atoms with E-state index in [-0.39, 0.29) is 18.0 Å². The molecule has 0 saturated heterocycles. The molecule has 4 nitrogen and oxygen atoms in total. The van der Waals surface area contributed by atoms with E-state index in [4.69, 9.17) is 0 Å². The fourth-order valence-corrected chi connectivity index (χ4v) is 2.51. The minimum Gasteiger partial charge on any atom is -0.354 e. The number of hydrogen-bond donors (Lipinski definition) is 1. The minimum atomic E-state index is -0.0262. The lowest BCUT2D eigenvalue weighted by Gasteiger charge is -2.33. The zero-order chi connectivity index (χ0) is 15.9. The highest BCUT2D eigenvalue weighted by molar-refractivity contribution is 5.72. The summed E-state index contributed by atoms with van der Waals surface area (Å²) in [7, 11) is 2.07. The lowest BCUT2D eigenvalue weighted by atomic mass is 10.0. The Kier molecular flexibility index (Phi) is 5.67. The molecule has 1 aromatic heterocycles. The van der Waals surface area contributed by atoms with Gasteiger partial charge < -0.3 is 5.32 Å². The fraction of sp³-hybridized carbons (Fsp3) is 0.333. The highest BCUT2D eigenvalue weighted by atomic mass is 16.1. The number of nitrogens with one attached hydrogen (secondary N) is 1. The van der Waals surface area contributed by atoms with Gasteiger partial charge in [-0.1, -0.05) is 36.4 Å². The summed E-state index contributed by atoms with van der Waals surface area (Å²) in [5.41, 5.74) is 2.20.